The molecule has 0 amide bonds. The molecule has 0 spiro atoms. The van der Waals surface area contributed by atoms with Crippen molar-refractivity contribution in [2.24, 2.45) is 0 Å². The van der Waals surface area contributed by atoms with Crippen LogP contribution in [0.4, 0.5) is 0 Å². The zero-order chi connectivity index (χ0) is 4.28. The third kappa shape index (κ3) is 4.44. The Hall–Kier alpha value is 0.440. The largest absolute Gasteiger partial charge is 0.320 e. The molecule has 0 aliphatic carbocycles. The second kappa shape index (κ2) is 2.67. The van der Waals surface area contributed by atoms with Gasteiger partial charge >= 0.3 is 0 Å². The van der Waals surface area contributed by atoms with Gasteiger partial charge in [-0.3, -0.25) is 0 Å². The molecule has 0 saturated heterocycles. The average Bonchev–Trinajstić information content (AvgIpc) is 1.38. The quantitative estimate of drug-likeness (QED) is 0.496. The minimum absolute atomic E-state index is 1.37. The van der Waals surface area contributed by atoms with E-state index >= 15 is 0 Å². The van der Waals surface area contributed by atoms with E-state index in [1.807, 2.05) is 0 Å². The van der Waals surface area contributed by atoms with Crippen LogP contribution in [0.3, 0.4) is 0 Å². The van der Waals surface area contributed by atoms with Crippen LogP contribution < -0.4 is 0 Å². The summed E-state index contributed by atoms with van der Waals surface area (Å²) in [7, 11) is -0.141. The fourth-order valence-electron chi connectivity index (χ4n) is 0. The van der Waals surface area contributed by atoms with Crippen LogP contribution in [0.2, 0.25) is 0 Å². The molecule has 0 aromatic heterocycles. The van der Waals surface area contributed by atoms with Gasteiger partial charge in [-0.15, -0.1) is 0 Å². The summed E-state index contributed by atoms with van der Waals surface area (Å²) in [6.07, 6.45) is 0. The molecule has 0 aliphatic heterocycles. The van der Waals surface area contributed by atoms with Gasteiger partial charge in [0.1, 0.15) is 0 Å². The highest BCUT2D eigenvalue weighted by Gasteiger charge is 1.70. The maximum atomic E-state index is 8.02. The highest BCUT2D eigenvalue weighted by molar-refractivity contribution is 8.00. The fraction of sp³-hybridized carbons (Fsp3) is 1.00. The molecule has 0 aromatic rings. The van der Waals surface area contributed by atoms with Crippen molar-refractivity contribution < 1.29 is 9.42 Å². The van der Waals surface area contributed by atoms with E-state index in [0.29, 0.717) is 0 Å². The molecule has 31 valence electrons. The van der Waals surface area contributed by atoms with Crippen LogP contribution in [-0.2, 0) is 16.3 Å². The summed E-state index contributed by atoms with van der Waals surface area (Å²) in [6.45, 7) is 0. The third-order valence-electron chi connectivity index (χ3n) is 0.156. The Kier molecular flexibility index (Phi) is 2.90. The normalized spacial score (nSPS) is 11.2. The van der Waals surface area contributed by atoms with Crippen molar-refractivity contribution in [1.29, 1.82) is 0 Å². The molecule has 4 heteroatoms. The summed E-state index contributed by atoms with van der Waals surface area (Å²) in [4.78, 5) is 8.02. The maximum Gasteiger partial charge on any atom is 0.198 e. The standard InChI is InChI=1S/CH4O2PS/c1-3-4(2)5/h1H3,(H,2,5). The van der Waals surface area contributed by atoms with E-state index in [0.717, 1.165) is 0 Å². The van der Waals surface area contributed by atoms with Crippen molar-refractivity contribution in [2.75, 3.05) is 7.11 Å². The summed E-state index contributed by atoms with van der Waals surface area (Å²) in [5.74, 6) is 0. The number of hydrogen-bond donors (Lipinski definition) is 1. The monoisotopic (exact) mass is 111 g/mol. The van der Waals surface area contributed by atoms with Crippen LogP contribution in [0.25, 0.3) is 0 Å². The van der Waals surface area contributed by atoms with Crippen molar-refractivity contribution in [1.82, 2.24) is 0 Å². The molecule has 1 atom stereocenters. The molecule has 0 rings (SSSR count). The lowest BCUT2D eigenvalue weighted by Gasteiger charge is -1.80. The van der Waals surface area contributed by atoms with Crippen molar-refractivity contribution in [3.8, 4) is 0 Å². The van der Waals surface area contributed by atoms with Crippen molar-refractivity contribution in [3.05, 3.63) is 0 Å². The van der Waals surface area contributed by atoms with E-state index in [1.165, 1.54) is 7.11 Å². The van der Waals surface area contributed by atoms with Gasteiger partial charge in [0.05, 0.1) is 0 Å². The third-order valence-corrected chi connectivity index (χ3v) is 0.916. The summed E-state index contributed by atoms with van der Waals surface area (Å²) in [6, 6.07) is 0. The maximum absolute atomic E-state index is 8.02. The smallest absolute Gasteiger partial charge is 0.198 e. The topological polar surface area (TPSA) is 29.5 Å². The van der Waals surface area contributed by atoms with Crippen LogP contribution in [0, 0.1) is 0 Å². The summed E-state index contributed by atoms with van der Waals surface area (Å²) < 4.78 is 4.19. The van der Waals surface area contributed by atoms with E-state index in [1.54, 1.807) is 0 Å². The fourth-order valence-corrected chi connectivity index (χ4v) is 0. The Morgan fingerprint density at radius 2 is 2.20 bits per heavy atom. The Morgan fingerprint density at radius 1 is 2.00 bits per heavy atom. The zero-order valence-electron chi connectivity index (χ0n) is 2.71. The van der Waals surface area contributed by atoms with Crippen molar-refractivity contribution in [3.63, 3.8) is 0 Å². The van der Waals surface area contributed by atoms with Crippen molar-refractivity contribution >= 4 is 19.0 Å². The van der Waals surface area contributed by atoms with Crippen LogP contribution in [0.5, 0.6) is 0 Å². The Labute approximate surface area is 36.4 Å². The van der Waals surface area contributed by atoms with E-state index < -0.39 is 7.15 Å². The van der Waals surface area contributed by atoms with Gasteiger partial charge in [0.2, 0.25) is 0 Å². The molecule has 0 aliphatic rings. The first-order chi connectivity index (χ1) is 2.27. The molecular formula is CH4O2PS. The Balaban J connectivity index is 2.85. The molecule has 1 radical (unpaired) electrons. The van der Waals surface area contributed by atoms with E-state index in [-0.39, 0.29) is 0 Å². The molecule has 0 aromatic carbocycles. The minimum Gasteiger partial charge on any atom is -0.320 e. The Bertz CT molecular complexity index is 44.9. The average molecular weight is 111 g/mol. The molecule has 1 unspecified atom stereocenters. The van der Waals surface area contributed by atoms with Gasteiger partial charge in [0, 0.05) is 7.11 Å². The van der Waals surface area contributed by atoms with Gasteiger partial charge in [-0.25, -0.2) is 0 Å². The molecule has 0 heterocycles. The minimum atomic E-state index is -1.51. The second-order valence-electron chi connectivity index (χ2n) is 0.420. The first-order valence-electron chi connectivity index (χ1n) is 0.973. The molecule has 5 heavy (non-hydrogen) atoms. The molecule has 0 bridgehead atoms. The number of rotatable bonds is 1. The van der Waals surface area contributed by atoms with E-state index in [9.17, 15) is 0 Å². The first-order valence-corrected chi connectivity index (χ1v) is 3.20. The van der Waals surface area contributed by atoms with Crippen LogP contribution in [-0.4, -0.2) is 12.0 Å². The van der Waals surface area contributed by atoms with Gasteiger partial charge in [0.25, 0.3) is 0 Å². The molecule has 0 fully saturated rings. The van der Waals surface area contributed by atoms with Gasteiger partial charge < -0.3 is 9.42 Å². The second-order valence-corrected chi connectivity index (χ2v) is 2.20. The van der Waals surface area contributed by atoms with E-state index in [2.05, 4.69) is 16.3 Å². The summed E-state index contributed by atoms with van der Waals surface area (Å²) in [5, 5.41) is 0. The Morgan fingerprint density at radius 3 is 2.20 bits per heavy atom. The highest BCUT2D eigenvalue weighted by Crippen LogP contribution is 2.10. The van der Waals surface area contributed by atoms with Gasteiger partial charge in [-0.05, 0) is 11.8 Å². The zero-order valence-corrected chi connectivity index (χ0v) is 4.42. The lowest BCUT2D eigenvalue weighted by Crippen LogP contribution is -1.56. The van der Waals surface area contributed by atoms with Crippen LogP contribution in [0.1, 0.15) is 0 Å². The predicted molar refractivity (Wildman–Crippen MR) is 23.5 cm³/mol. The summed E-state index contributed by atoms with van der Waals surface area (Å²) >= 11 is 4.18. The first kappa shape index (κ1) is 5.44. The summed E-state index contributed by atoms with van der Waals surface area (Å²) in [5.41, 5.74) is 0. The van der Waals surface area contributed by atoms with E-state index in [4.69, 9.17) is 4.89 Å². The SMILES string of the molecule is CO[P](O)=S. The highest BCUT2D eigenvalue weighted by atomic mass is 32.4. The van der Waals surface area contributed by atoms with Gasteiger partial charge in [-0.2, -0.15) is 0 Å². The van der Waals surface area contributed by atoms with Crippen LogP contribution >= 0.6 is 7.15 Å². The number of hydrogen-bond acceptors (Lipinski definition) is 2. The molecule has 2 nitrogen and oxygen atoms in total. The van der Waals surface area contributed by atoms with Gasteiger partial charge in [-0.1, -0.05) is 0 Å². The molecule has 0 saturated carbocycles. The predicted octanol–water partition coefficient (Wildman–Crippen LogP) is 0.399. The van der Waals surface area contributed by atoms with Gasteiger partial charge in [0.15, 0.2) is 7.15 Å². The lowest BCUT2D eigenvalue weighted by molar-refractivity contribution is 0.410. The van der Waals surface area contributed by atoms with Crippen LogP contribution in [0.15, 0.2) is 0 Å². The van der Waals surface area contributed by atoms with Crippen molar-refractivity contribution in [2.45, 2.75) is 0 Å². The molecular weight excluding hydrogens is 107 g/mol. The lowest BCUT2D eigenvalue weighted by atomic mass is 11.8. The molecule has 1 N–H and O–H groups in total.